The normalized spacial score (nSPS) is 28.2. The third-order valence-corrected chi connectivity index (χ3v) is 5.15. The van der Waals surface area contributed by atoms with Crippen LogP contribution in [0.3, 0.4) is 0 Å². The zero-order valence-electron chi connectivity index (χ0n) is 11.4. The molecule has 0 amide bonds. The molecule has 3 rings (SSSR count). The maximum absolute atomic E-state index is 4.91. The fraction of sp³-hybridized carbons (Fsp3) is 0.600. The van der Waals surface area contributed by atoms with E-state index >= 15 is 0 Å². The van der Waals surface area contributed by atoms with Crippen molar-refractivity contribution in [2.75, 3.05) is 5.75 Å². The van der Waals surface area contributed by atoms with Crippen LogP contribution in [0.4, 0.5) is 0 Å². The molecule has 102 valence electrons. The van der Waals surface area contributed by atoms with E-state index < -0.39 is 0 Å². The van der Waals surface area contributed by atoms with E-state index in [1.807, 2.05) is 30.1 Å². The average molecular weight is 275 g/mol. The van der Waals surface area contributed by atoms with Crippen LogP contribution >= 0.6 is 11.8 Å². The van der Waals surface area contributed by atoms with Gasteiger partial charge in [0, 0.05) is 11.9 Å². The van der Waals surface area contributed by atoms with Gasteiger partial charge in [-0.15, -0.1) is 0 Å². The molecule has 0 aromatic carbocycles. The number of amidine groups is 1. The van der Waals surface area contributed by atoms with Crippen LogP contribution in [-0.2, 0) is 0 Å². The summed E-state index contributed by atoms with van der Waals surface area (Å²) in [4.78, 5) is 9.31. The Balaban J connectivity index is 1.65. The van der Waals surface area contributed by atoms with Gasteiger partial charge in [0.05, 0.1) is 17.8 Å². The molecule has 4 heteroatoms. The highest BCUT2D eigenvalue weighted by molar-refractivity contribution is 8.13. The summed E-state index contributed by atoms with van der Waals surface area (Å²) < 4.78 is 0. The highest BCUT2D eigenvalue weighted by atomic mass is 32.2. The number of hydrogen-bond acceptors (Lipinski definition) is 4. The Labute approximate surface area is 119 Å². The summed E-state index contributed by atoms with van der Waals surface area (Å²) in [5, 5.41) is 4.63. The predicted octanol–water partition coefficient (Wildman–Crippen LogP) is 3.39. The van der Waals surface area contributed by atoms with Gasteiger partial charge in [-0.3, -0.25) is 9.98 Å². The van der Waals surface area contributed by atoms with Gasteiger partial charge in [-0.2, -0.15) is 0 Å². The van der Waals surface area contributed by atoms with Crippen LogP contribution in [0.2, 0.25) is 0 Å². The zero-order chi connectivity index (χ0) is 13.1. The molecule has 1 aromatic rings. The molecule has 1 aliphatic carbocycles. The fourth-order valence-electron chi connectivity index (χ4n) is 2.90. The van der Waals surface area contributed by atoms with Crippen molar-refractivity contribution in [1.29, 1.82) is 0 Å². The first-order valence-corrected chi connectivity index (χ1v) is 8.19. The Morgan fingerprint density at radius 3 is 3.05 bits per heavy atom. The number of aliphatic imine (C=N–C) groups is 1. The van der Waals surface area contributed by atoms with Gasteiger partial charge in [-0.05, 0) is 37.8 Å². The number of nitrogens with one attached hydrogen (secondary N) is 1. The second-order valence-corrected chi connectivity index (χ2v) is 6.49. The minimum absolute atomic E-state index is 0.229. The molecule has 19 heavy (non-hydrogen) atoms. The van der Waals surface area contributed by atoms with E-state index in [-0.39, 0.29) is 6.04 Å². The number of fused-ring (bicyclic) bond motifs is 1. The van der Waals surface area contributed by atoms with E-state index in [2.05, 4.69) is 23.3 Å². The van der Waals surface area contributed by atoms with Crippen LogP contribution in [0.25, 0.3) is 0 Å². The highest BCUT2D eigenvalue weighted by Gasteiger charge is 2.29. The lowest BCUT2D eigenvalue weighted by atomic mass is 9.86. The van der Waals surface area contributed by atoms with Crippen LogP contribution in [0.5, 0.6) is 0 Å². The largest absolute Gasteiger partial charge is 0.357 e. The van der Waals surface area contributed by atoms with Crippen LogP contribution < -0.4 is 5.32 Å². The maximum atomic E-state index is 4.91. The molecular formula is C15H21N3S. The minimum atomic E-state index is 0.229. The van der Waals surface area contributed by atoms with Crippen LogP contribution in [0, 0.1) is 5.92 Å². The number of nitrogens with zero attached hydrogens (tertiary/aromatic N) is 2. The van der Waals surface area contributed by atoms with Crippen LogP contribution in [0.15, 0.2) is 29.4 Å². The van der Waals surface area contributed by atoms with Crippen LogP contribution in [0.1, 0.15) is 44.3 Å². The first-order chi connectivity index (χ1) is 9.33. The van der Waals surface area contributed by atoms with Crippen molar-refractivity contribution in [3.8, 4) is 0 Å². The van der Waals surface area contributed by atoms with Gasteiger partial charge in [0.15, 0.2) is 5.17 Å². The molecule has 0 saturated heterocycles. The average Bonchev–Trinajstić information content (AvgIpc) is 2.48. The summed E-state index contributed by atoms with van der Waals surface area (Å²) in [6.45, 7) is 2.15. The monoisotopic (exact) mass is 275 g/mol. The molecule has 2 aliphatic rings. The van der Waals surface area contributed by atoms with Crippen molar-refractivity contribution in [2.24, 2.45) is 10.9 Å². The van der Waals surface area contributed by atoms with Gasteiger partial charge < -0.3 is 5.32 Å². The van der Waals surface area contributed by atoms with Crippen molar-refractivity contribution < 1.29 is 0 Å². The number of rotatable bonds is 2. The molecule has 0 radical (unpaired) electrons. The minimum Gasteiger partial charge on any atom is -0.357 e. The van der Waals surface area contributed by atoms with E-state index in [1.54, 1.807) is 0 Å². The van der Waals surface area contributed by atoms with Gasteiger partial charge in [-0.25, -0.2) is 0 Å². The first kappa shape index (κ1) is 13.0. The van der Waals surface area contributed by atoms with E-state index in [9.17, 15) is 0 Å². The predicted molar refractivity (Wildman–Crippen MR) is 81.4 cm³/mol. The summed E-state index contributed by atoms with van der Waals surface area (Å²) in [6.07, 6.45) is 7.22. The summed E-state index contributed by atoms with van der Waals surface area (Å²) in [5.74, 6) is 2.04. The first-order valence-electron chi connectivity index (χ1n) is 7.21. The molecule has 1 saturated carbocycles. The standard InChI is InChI=1S/C15H21N3S/c1-11(13-7-4-5-9-16-13)17-15-18-14-8-3-2-6-12(14)10-19-15/h4-5,7,9,11-12,14H,2-3,6,8,10H2,1H3,(H,17,18). The molecule has 3 atom stereocenters. The third-order valence-electron chi connectivity index (χ3n) is 4.06. The molecule has 3 nitrogen and oxygen atoms in total. The maximum Gasteiger partial charge on any atom is 0.157 e. The Kier molecular flexibility index (Phi) is 4.06. The zero-order valence-corrected chi connectivity index (χ0v) is 12.2. The highest BCUT2D eigenvalue weighted by Crippen LogP contribution is 2.34. The van der Waals surface area contributed by atoms with Gasteiger partial charge in [0.25, 0.3) is 0 Å². The second kappa shape index (κ2) is 5.95. The molecule has 0 spiro atoms. The van der Waals surface area contributed by atoms with Gasteiger partial charge in [0.1, 0.15) is 0 Å². The Morgan fingerprint density at radius 1 is 1.32 bits per heavy atom. The van der Waals surface area contributed by atoms with Gasteiger partial charge in [0.2, 0.25) is 0 Å². The molecule has 1 aromatic heterocycles. The third kappa shape index (κ3) is 3.11. The fourth-order valence-corrected chi connectivity index (χ4v) is 4.13. The lowest BCUT2D eigenvalue weighted by molar-refractivity contribution is 0.335. The molecule has 3 unspecified atom stereocenters. The number of aromatic nitrogens is 1. The van der Waals surface area contributed by atoms with E-state index in [0.717, 1.165) is 16.8 Å². The van der Waals surface area contributed by atoms with Crippen LogP contribution in [-0.4, -0.2) is 21.9 Å². The van der Waals surface area contributed by atoms with Crippen molar-refractivity contribution in [1.82, 2.24) is 10.3 Å². The topological polar surface area (TPSA) is 37.3 Å². The van der Waals surface area contributed by atoms with Crippen molar-refractivity contribution in [3.63, 3.8) is 0 Å². The number of pyridine rings is 1. The molecule has 2 heterocycles. The van der Waals surface area contributed by atoms with Crippen molar-refractivity contribution in [3.05, 3.63) is 30.1 Å². The Morgan fingerprint density at radius 2 is 2.21 bits per heavy atom. The molecule has 1 aliphatic heterocycles. The smallest absolute Gasteiger partial charge is 0.157 e. The van der Waals surface area contributed by atoms with E-state index in [1.165, 1.54) is 31.4 Å². The van der Waals surface area contributed by atoms with Crippen molar-refractivity contribution >= 4 is 16.9 Å². The Hall–Kier alpha value is -1.03. The molecule has 0 bridgehead atoms. The summed E-state index contributed by atoms with van der Waals surface area (Å²) >= 11 is 1.88. The quantitative estimate of drug-likeness (QED) is 0.899. The Bertz CT molecular complexity index is 446. The number of thioether (sulfide) groups is 1. The lowest BCUT2D eigenvalue weighted by Gasteiger charge is -2.33. The second-order valence-electron chi connectivity index (χ2n) is 5.48. The summed E-state index contributed by atoms with van der Waals surface area (Å²) in [5.41, 5.74) is 1.08. The van der Waals surface area contributed by atoms with Gasteiger partial charge in [-0.1, -0.05) is 30.7 Å². The van der Waals surface area contributed by atoms with Gasteiger partial charge >= 0.3 is 0 Å². The molecule has 1 fully saturated rings. The number of hydrogen-bond donors (Lipinski definition) is 1. The van der Waals surface area contributed by atoms with Crippen molar-refractivity contribution in [2.45, 2.75) is 44.7 Å². The van der Waals surface area contributed by atoms with E-state index in [4.69, 9.17) is 4.99 Å². The lowest BCUT2D eigenvalue weighted by Crippen LogP contribution is -2.35. The summed E-state index contributed by atoms with van der Waals surface area (Å²) in [6, 6.07) is 6.85. The van der Waals surface area contributed by atoms with E-state index in [0.29, 0.717) is 6.04 Å². The molecular weight excluding hydrogens is 254 g/mol. The summed E-state index contributed by atoms with van der Waals surface area (Å²) in [7, 11) is 0. The SMILES string of the molecule is CC(NC1=NC2CCCCC2CS1)c1ccccn1. The molecule has 1 N–H and O–H groups in total.